The third-order valence-corrected chi connectivity index (χ3v) is 3.88. The van der Waals surface area contributed by atoms with Gasteiger partial charge in [-0.25, -0.2) is 0 Å². The van der Waals surface area contributed by atoms with Gasteiger partial charge in [0.15, 0.2) is 0 Å². The van der Waals surface area contributed by atoms with E-state index < -0.39 is 0 Å². The molecule has 1 amide bonds. The van der Waals surface area contributed by atoms with Gasteiger partial charge in [0.2, 0.25) is 0 Å². The van der Waals surface area contributed by atoms with Crippen LogP contribution < -0.4 is 0 Å². The molecule has 0 saturated carbocycles. The largest absolute Gasteiger partial charge is 0.335 e. The van der Waals surface area contributed by atoms with E-state index >= 15 is 0 Å². The van der Waals surface area contributed by atoms with Crippen LogP contribution in [0.15, 0.2) is 53.4 Å². The molecule has 0 fully saturated rings. The fourth-order valence-corrected chi connectivity index (χ4v) is 2.32. The van der Waals surface area contributed by atoms with Gasteiger partial charge < -0.3 is 4.90 Å². The zero-order chi connectivity index (χ0) is 14.7. The Hall–Kier alpha value is -1.45. The lowest BCUT2D eigenvalue weighted by molar-refractivity contribution is 0.0742. The summed E-state index contributed by atoms with van der Waals surface area (Å²) in [5.74, 6) is -0.0224. The van der Waals surface area contributed by atoms with Crippen LogP contribution in [0.1, 0.15) is 28.9 Å². The quantitative estimate of drug-likeness (QED) is 0.830. The molecule has 0 spiro atoms. The van der Waals surface area contributed by atoms with Crippen LogP contribution in [-0.2, 0) is 0 Å². The second-order valence-corrected chi connectivity index (χ2v) is 5.65. The molecule has 4 heteroatoms. The molecule has 2 aromatic carbocycles. The molecule has 0 aliphatic rings. The summed E-state index contributed by atoms with van der Waals surface area (Å²) in [5, 5.41) is 0.676. The molecule has 0 radical (unpaired) electrons. The first kappa shape index (κ1) is 14.9. The average Bonchev–Trinajstić information content (AvgIpc) is 2.46. The Bertz CT molecular complexity index is 612. The highest BCUT2D eigenvalue weighted by Gasteiger charge is 2.18. The molecule has 20 heavy (non-hydrogen) atoms. The van der Waals surface area contributed by atoms with E-state index in [9.17, 15) is 4.79 Å². The molecule has 0 aliphatic heterocycles. The van der Waals surface area contributed by atoms with Crippen molar-refractivity contribution in [2.24, 2.45) is 0 Å². The Balaban J connectivity index is 2.20. The number of nitrogens with zero attached hydrogens (tertiary/aromatic N) is 1. The Kier molecular flexibility index (Phi) is 4.73. The minimum absolute atomic E-state index is 0.0224. The van der Waals surface area contributed by atoms with Gasteiger partial charge in [-0.05, 0) is 48.9 Å². The van der Waals surface area contributed by atoms with Crippen LogP contribution in [0.3, 0.4) is 0 Å². The molecule has 0 saturated heterocycles. The Labute approximate surface area is 129 Å². The van der Waals surface area contributed by atoms with E-state index in [1.807, 2.05) is 43.3 Å². The van der Waals surface area contributed by atoms with Crippen molar-refractivity contribution in [3.63, 3.8) is 0 Å². The summed E-state index contributed by atoms with van der Waals surface area (Å²) in [4.78, 5) is 15.0. The van der Waals surface area contributed by atoms with Crippen molar-refractivity contribution in [1.82, 2.24) is 4.90 Å². The SMILES string of the molecule is CC(c1cccc(Cl)c1)N(C)C(=O)c1ccc(S)cc1. The number of rotatable bonds is 3. The average molecular weight is 306 g/mol. The zero-order valence-electron chi connectivity index (χ0n) is 11.4. The third kappa shape index (κ3) is 3.35. The van der Waals surface area contributed by atoms with Crippen molar-refractivity contribution in [2.75, 3.05) is 7.05 Å². The number of thiol groups is 1. The second kappa shape index (κ2) is 6.33. The molecule has 0 heterocycles. The Morgan fingerprint density at radius 1 is 1.20 bits per heavy atom. The van der Waals surface area contributed by atoms with Gasteiger partial charge in [0.1, 0.15) is 0 Å². The molecule has 2 nitrogen and oxygen atoms in total. The van der Waals surface area contributed by atoms with E-state index in [0.717, 1.165) is 10.5 Å². The van der Waals surface area contributed by atoms with Crippen molar-refractivity contribution in [1.29, 1.82) is 0 Å². The van der Waals surface area contributed by atoms with Crippen LogP contribution in [0.25, 0.3) is 0 Å². The number of hydrogen-bond donors (Lipinski definition) is 1. The number of benzene rings is 2. The van der Waals surface area contributed by atoms with E-state index in [0.29, 0.717) is 10.6 Å². The molecular formula is C16H16ClNOS. The molecule has 104 valence electrons. The first-order valence-corrected chi connectivity index (χ1v) is 7.13. The van der Waals surface area contributed by atoms with Gasteiger partial charge >= 0.3 is 0 Å². The number of hydrogen-bond acceptors (Lipinski definition) is 2. The normalized spacial score (nSPS) is 12.0. The summed E-state index contributed by atoms with van der Waals surface area (Å²) in [6, 6.07) is 14.7. The standard InChI is InChI=1S/C16H16ClNOS/c1-11(13-4-3-5-14(17)10-13)18(2)16(19)12-6-8-15(20)9-7-12/h3-11,20H,1-2H3. The van der Waals surface area contributed by atoms with Gasteiger partial charge in [0.05, 0.1) is 6.04 Å². The zero-order valence-corrected chi connectivity index (χ0v) is 13.0. The van der Waals surface area contributed by atoms with Crippen LogP contribution in [0, 0.1) is 0 Å². The fraction of sp³-hybridized carbons (Fsp3) is 0.188. The summed E-state index contributed by atoms with van der Waals surface area (Å²) in [5.41, 5.74) is 1.67. The summed E-state index contributed by atoms with van der Waals surface area (Å²) in [6.07, 6.45) is 0. The molecular weight excluding hydrogens is 290 g/mol. The molecule has 1 atom stereocenters. The minimum atomic E-state index is -0.0446. The smallest absolute Gasteiger partial charge is 0.254 e. The highest BCUT2D eigenvalue weighted by atomic mass is 35.5. The highest BCUT2D eigenvalue weighted by molar-refractivity contribution is 7.80. The van der Waals surface area contributed by atoms with Crippen LogP contribution >= 0.6 is 24.2 Å². The molecule has 0 N–H and O–H groups in total. The predicted octanol–water partition coefficient (Wildman–Crippen LogP) is 4.46. The highest BCUT2D eigenvalue weighted by Crippen LogP contribution is 2.23. The molecule has 2 rings (SSSR count). The summed E-state index contributed by atoms with van der Waals surface area (Å²) in [6.45, 7) is 1.98. The molecule has 2 aromatic rings. The van der Waals surface area contributed by atoms with Gasteiger partial charge in [-0.3, -0.25) is 4.79 Å². The van der Waals surface area contributed by atoms with E-state index in [1.54, 1.807) is 24.1 Å². The monoisotopic (exact) mass is 305 g/mol. The molecule has 0 aliphatic carbocycles. The lowest BCUT2D eigenvalue weighted by Gasteiger charge is -2.25. The van der Waals surface area contributed by atoms with Crippen LogP contribution in [-0.4, -0.2) is 17.9 Å². The van der Waals surface area contributed by atoms with E-state index in [-0.39, 0.29) is 11.9 Å². The summed E-state index contributed by atoms with van der Waals surface area (Å²) in [7, 11) is 1.79. The fourth-order valence-electron chi connectivity index (χ4n) is 1.97. The predicted molar refractivity (Wildman–Crippen MR) is 85.7 cm³/mol. The van der Waals surface area contributed by atoms with Crippen LogP contribution in [0.2, 0.25) is 5.02 Å². The lowest BCUT2D eigenvalue weighted by atomic mass is 10.1. The Morgan fingerprint density at radius 3 is 2.45 bits per heavy atom. The maximum atomic E-state index is 12.4. The maximum absolute atomic E-state index is 12.4. The molecule has 0 bridgehead atoms. The van der Waals surface area contributed by atoms with Gasteiger partial charge in [-0.15, -0.1) is 12.6 Å². The van der Waals surface area contributed by atoms with Gasteiger partial charge in [-0.2, -0.15) is 0 Å². The second-order valence-electron chi connectivity index (χ2n) is 4.69. The number of halogens is 1. The first-order chi connectivity index (χ1) is 9.49. The molecule has 1 unspecified atom stereocenters. The summed E-state index contributed by atoms with van der Waals surface area (Å²) < 4.78 is 0. The van der Waals surface area contributed by atoms with Crippen molar-refractivity contribution in [3.05, 3.63) is 64.7 Å². The summed E-state index contributed by atoms with van der Waals surface area (Å²) >= 11 is 10.2. The van der Waals surface area contributed by atoms with E-state index in [4.69, 9.17) is 11.6 Å². The van der Waals surface area contributed by atoms with Crippen molar-refractivity contribution < 1.29 is 4.79 Å². The Morgan fingerprint density at radius 2 is 1.85 bits per heavy atom. The first-order valence-electron chi connectivity index (χ1n) is 6.30. The number of carbonyl (C=O) groups is 1. The maximum Gasteiger partial charge on any atom is 0.254 e. The number of carbonyl (C=O) groups excluding carboxylic acids is 1. The van der Waals surface area contributed by atoms with E-state index in [2.05, 4.69) is 12.6 Å². The van der Waals surface area contributed by atoms with Gasteiger partial charge in [-0.1, -0.05) is 23.7 Å². The van der Waals surface area contributed by atoms with Gasteiger partial charge in [0, 0.05) is 22.5 Å². The van der Waals surface area contributed by atoms with Crippen molar-refractivity contribution in [2.45, 2.75) is 17.9 Å². The third-order valence-electron chi connectivity index (χ3n) is 3.35. The van der Waals surface area contributed by atoms with E-state index in [1.165, 1.54) is 0 Å². The van der Waals surface area contributed by atoms with Crippen molar-refractivity contribution >= 4 is 30.1 Å². The van der Waals surface area contributed by atoms with Crippen LogP contribution in [0.5, 0.6) is 0 Å². The van der Waals surface area contributed by atoms with Gasteiger partial charge in [0.25, 0.3) is 5.91 Å². The number of amides is 1. The van der Waals surface area contributed by atoms with Crippen LogP contribution in [0.4, 0.5) is 0 Å². The topological polar surface area (TPSA) is 20.3 Å². The molecule has 0 aromatic heterocycles. The lowest BCUT2D eigenvalue weighted by Crippen LogP contribution is -2.29. The van der Waals surface area contributed by atoms with Crippen molar-refractivity contribution in [3.8, 4) is 0 Å². The minimum Gasteiger partial charge on any atom is -0.335 e.